The third-order valence-electron chi connectivity index (χ3n) is 5.04. The molecule has 0 unspecified atom stereocenters. The Morgan fingerprint density at radius 1 is 1.08 bits per heavy atom. The number of carboxylic acid groups (broad SMARTS) is 1. The fourth-order valence-corrected chi connectivity index (χ4v) is 5.96. The summed E-state index contributed by atoms with van der Waals surface area (Å²) in [5.74, 6) is -2.64. The first kappa shape index (κ1) is 26.1. The molecule has 36 heavy (non-hydrogen) atoms. The number of anilines is 1. The second-order valence-electron chi connectivity index (χ2n) is 7.50. The molecular weight excluding hydrogens is 643 g/mol. The lowest BCUT2D eigenvalue weighted by molar-refractivity contribution is -0.139. The van der Waals surface area contributed by atoms with E-state index in [9.17, 15) is 27.5 Å². The van der Waals surface area contributed by atoms with Crippen LogP contribution in [0.15, 0.2) is 68.4 Å². The van der Waals surface area contributed by atoms with Crippen LogP contribution in [-0.2, 0) is 21.2 Å². The van der Waals surface area contributed by atoms with Crippen LogP contribution in [0.1, 0.15) is 15.9 Å². The van der Waals surface area contributed by atoms with E-state index >= 15 is 0 Å². The number of nitrogens with zero attached hydrogens (tertiary/aromatic N) is 2. The van der Waals surface area contributed by atoms with E-state index in [1.807, 2.05) is 0 Å². The van der Waals surface area contributed by atoms with Crippen molar-refractivity contribution < 1.29 is 27.5 Å². The van der Waals surface area contributed by atoms with E-state index in [0.29, 0.717) is 15.6 Å². The maximum absolute atomic E-state index is 13.5. The molecule has 0 fully saturated rings. The monoisotopic (exact) mass is 656 g/mol. The van der Waals surface area contributed by atoms with Gasteiger partial charge in [0.1, 0.15) is 27.8 Å². The van der Waals surface area contributed by atoms with Crippen LogP contribution < -0.4 is 10.0 Å². The molecule has 4 aromatic rings. The number of carbonyl (C=O) groups is 2. The van der Waals surface area contributed by atoms with E-state index in [-0.39, 0.29) is 32.6 Å². The number of hydrogen-bond acceptors (Lipinski definition) is 7. The van der Waals surface area contributed by atoms with Gasteiger partial charge >= 0.3 is 5.97 Å². The van der Waals surface area contributed by atoms with Gasteiger partial charge in [-0.15, -0.1) is 0 Å². The topological polar surface area (TPSA) is 138 Å². The Kier molecular flexibility index (Phi) is 7.68. The number of amides is 1. The average Bonchev–Trinajstić information content (AvgIpc) is 3.29. The number of nitrogens with one attached hydrogen (secondary N) is 2. The van der Waals surface area contributed by atoms with Crippen molar-refractivity contribution in [2.45, 2.75) is 17.4 Å². The van der Waals surface area contributed by atoms with Gasteiger partial charge in [0.25, 0.3) is 15.9 Å². The first-order chi connectivity index (χ1) is 17.0. The van der Waals surface area contributed by atoms with Gasteiger partial charge in [0.2, 0.25) is 0 Å². The average molecular weight is 658 g/mol. The number of rotatable bonds is 8. The molecule has 1 amide bonds. The van der Waals surface area contributed by atoms with Crippen LogP contribution in [0.5, 0.6) is 0 Å². The van der Waals surface area contributed by atoms with Crippen molar-refractivity contribution in [3.05, 3.63) is 80.5 Å². The van der Waals surface area contributed by atoms with Crippen molar-refractivity contribution in [3.63, 3.8) is 0 Å². The summed E-state index contributed by atoms with van der Waals surface area (Å²) in [6.45, 7) is 0. The number of hydrogen-bond donors (Lipinski definition) is 3. The maximum Gasteiger partial charge on any atom is 0.326 e. The van der Waals surface area contributed by atoms with E-state index in [0.717, 1.165) is 11.7 Å². The highest BCUT2D eigenvalue weighted by atomic mass is 79.9. The van der Waals surface area contributed by atoms with E-state index in [4.69, 9.17) is 0 Å². The van der Waals surface area contributed by atoms with Gasteiger partial charge in [-0.2, -0.15) is 8.75 Å². The van der Waals surface area contributed by atoms with Crippen molar-refractivity contribution in [2.75, 3.05) is 4.72 Å². The van der Waals surface area contributed by atoms with Crippen molar-refractivity contribution in [1.29, 1.82) is 0 Å². The van der Waals surface area contributed by atoms with Gasteiger partial charge in [0.15, 0.2) is 0 Å². The molecule has 3 N–H and O–H groups in total. The van der Waals surface area contributed by atoms with Crippen LogP contribution in [0.2, 0.25) is 0 Å². The molecule has 0 aliphatic rings. The molecule has 1 atom stereocenters. The number of halogens is 3. The molecule has 1 aromatic heterocycles. The molecule has 0 aliphatic heterocycles. The molecule has 4 rings (SSSR count). The van der Waals surface area contributed by atoms with E-state index in [1.54, 1.807) is 6.07 Å². The number of carboxylic acids is 1. The van der Waals surface area contributed by atoms with E-state index < -0.39 is 33.8 Å². The zero-order chi connectivity index (χ0) is 26.0. The van der Waals surface area contributed by atoms with Crippen LogP contribution in [0.25, 0.3) is 11.0 Å². The van der Waals surface area contributed by atoms with Gasteiger partial charge in [-0.05, 0) is 64.0 Å². The molecule has 186 valence electrons. The summed E-state index contributed by atoms with van der Waals surface area (Å²) in [5, 5.41) is 12.1. The quantitative estimate of drug-likeness (QED) is 0.252. The molecule has 1 heterocycles. The molecule has 0 saturated carbocycles. The smallest absolute Gasteiger partial charge is 0.326 e. The molecule has 0 spiro atoms. The molecule has 0 aliphatic carbocycles. The predicted octanol–water partition coefficient (Wildman–Crippen LogP) is 4.58. The van der Waals surface area contributed by atoms with Crippen molar-refractivity contribution in [2.24, 2.45) is 0 Å². The zero-order valence-electron chi connectivity index (χ0n) is 17.9. The normalized spacial score (nSPS) is 12.3. The maximum atomic E-state index is 13.5. The highest BCUT2D eigenvalue weighted by Crippen LogP contribution is 2.28. The lowest BCUT2D eigenvalue weighted by Crippen LogP contribution is -2.42. The lowest BCUT2D eigenvalue weighted by Gasteiger charge is -2.17. The Hall–Kier alpha value is -2.94. The van der Waals surface area contributed by atoms with Crippen molar-refractivity contribution in [1.82, 2.24) is 14.1 Å². The first-order valence-electron chi connectivity index (χ1n) is 10.1. The van der Waals surface area contributed by atoms with Gasteiger partial charge in [-0.3, -0.25) is 9.52 Å². The third-order valence-corrected chi connectivity index (χ3v) is 8.08. The summed E-state index contributed by atoms with van der Waals surface area (Å²) in [4.78, 5) is 24.8. The lowest BCUT2D eigenvalue weighted by atomic mass is 10.0. The van der Waals surface area contributed by atoms with Gasteiger partial charge < -0.3 is 10.4 Å². The Morgan fingerprint density at radius 3 is 2.58 bits per heavy atom. The van der Waals surface area contributed by atoms with Crippen LogP contribution in [-0.4, -0.2) is 40.2 Å². The van der Waals surface area contributed by atoms with Gasteiger partial charge in [0, 0.05) is 10.9 Å². The number of carbonyl (C=O) groups excluding carboxylic acids is 1. The summed E-state index contributed by atoms with van der Waals surface area (Å²) >= 11 is 7.18. The van der Waals surface area contributed by atoms with Gasteiger partial charge in [0.05, 0.1) is 27.5 Å². The summed E-state index contributed by atoms with van der Waals surface area (Å²) in [6, 6.07) is 11.4. The molecule has 0 radical (unpaired) electrons. The fourth-order valence-electron chi connectivity index (χ4n) is 3.34. The summed E-state index contributed by atoms with van der Waals surface area (Å²) in [7, 11) is -4.19. The summed E-state index contributed by atoms with van der Waals surface area (Å²) < 4.78 is 51.0. The van der Waals surface area contributed by atoms with Crippen LogP contribution in [0, 0.1) is 5.82 Å². The predicted molar refractivity (Wildman–Crippen MR) is 139 cm³/mol. The molecular formula is C22H15Br2FN4O5S2. The molecule has 14 heteroatoms. The Labute approximate surface area is 225 Å². The van der Waals surface area contributed by atoms with Crippen LogP contribution in [0.3, 0.4) is 0 Å². The van der Waals surface area contributed by atoms with E-state index in [2.05, 4.69) is 50.6 Å². The summed E-state index contributed by atoms with van der Waals surface area (Å²) in [5.41, 5.74) is 0.893. The highest BCUT2D eigenvalue weighted by molar-refractivity contribution is 9.10. The number of benzene rings is 3. The number of sulfonamides is 1. The number of fused-ring (bicyclic) bond motifs is 1. The molecule has 0 bridgehead atoms. The second-order valence-corrected chi connectivity index (χ2v) is 11.4. The van der Waals surface area contributed by atoms with Gasteiger partial charge in [-0.25, -0.2) is 17.6 Å². The number of aromatic nitrogens is 2. The fraction of sp³-hybridized carbons (Fsp3) is 0.0909. The molecule has 9 nitrogen and oxygen atoms in total. The second kappa shape index (κ2) is 10.6. The molecule has 3 aromatic carbocycles. The Balaban J connectivity index is 1.62. The largest absolute Gasteiger partial charge is 0.480 e. The van der Waals surface area contributed by atoms with Gasteiger partial charge in [-0.1, -0.05) is 28.1 Å². The number of aliphatic carboxylic acids is 1. The summed E-state index contributed by atoms with van der Waals surface area (Å²) in [6.07, 6.45) is -0.129. The van der Waals surface area contributed by atoms with Crippen molar-refractivity contribution >= 4 is 82.2 Å². The minimum atomic E-state index is -4.19. The molecule has 0 saturated heterocycles. The minimum Gasteiger partial charge on any atom is -0.480 e. The van der Waals surface area contributed by atoms with Crippen LogP contribution in [0.4, 0.5) is 10.1 Å². The zero-order valence-corrected chi connectivity index (χ0v) is 22.7. The first-order valence-corrected chi connectivity index (χ1v) is 13.9. The third kappa shape index (κ3) is 5.72. The van der Waals surface area contributed by atoms with Crippen LogP contribution >= 0.6 is 43.6 Å². The minimum absolute atomic E-state index is 0.0734. The van der Waals surface area contributed by atoms with E-state index in [1.165, 1.54) is 48.5 Å². The standard InChI is InChI=1S/C22H15Br2FN4O5S2/c23-12-5-6-13(21(30)26-18(22(31)32)9-11-4-7-15(25)14(24)8-11)17(10-12)29-36(33,34)19-3-1-2-16-20(19)28-35-27-16/h1-8,10,18,29H,9H2,(H,26,30)(H,31,32)/t18-/m0/s1. The highest BCUT2D eigenvalue weighted by Gasteiger charge is 2.26. The SMILES string of the molecule is O=C(N[C@@H](Cc1ccc(F)c(Br)c1)C(=O)O)c1ccc(Br)cc1NS(=O)(=O)c1cccc2nsnc12. The Morgan fingerprint density at radius 2 is 1.86 bits per heavy atom. The Bertz CT molecular complexity index is 1600. The van der Waals surface area contributed by atoms with Crippen molar-refractivity contribution in [3.8, 4) is 0 Å².